The van der Waals surface area contributed by atoms with E-state index in [4.69, 9.17) is 50.3 Å². The van der Waals surface area contributed by atoms with Crippen LogP contribution in [0.15, 0.2) is 98.1 Å². The molecule has 0 bridgehead atoms. The van der Waals surface area contributed by atoms with Gasteiger partial charge in [0.2, 0.25) is 11.2 Å². The van der Waals surface area contributed by atoms with Crippen molar-refractivity contribution in [3.8, 4) is 17.1 Å². The molecule has 10 rings (SSSR count). The molecule has 6 aromatic heterocycles. The SMILES string of the molecule is COc1cc(Cl)cc(-n2cnc(N)c2)c1.Cc1cc(Cl)cc(-n2cnc(Nc3nc(N4CCC[C@H]4CO)c4cccn4n3)c2)c1.OC[C@@H]1CCCN1c1nc(Cl)nn2cccc12. The van der Waals surface area contributed by atoms with E-state index in [1.165, 1.54) is 0 Å². The third-order valence-corrected chi connectivity index (χ3v) is 11.2. The molecule has 0 spiro atoms. The number of aliphatic hydroxyl groups excluding tert-OH is 2. The van der Waals surface area contributed by atoms with Gasteiger partial charge in [-0.1, -0.05) is 23.2 Å². The largest absolute Gasteiger partial charge is 0.497 e. The second-order valence-electron chi connectivity index (χ2n) is 14.8. The van der Waals surface area contributed by atoms with Gasteiger partial charge in [0.1, 0.15) is 35.3 Å². The van der Waals surface area contributed by atoms with Crippen LogP contribution >= 0.6 is 34.8 Å². The topological polar surface area (TPSA) is 190 Å². The molecule has 17 nitrogen and oxygen atoms in total. The van der Waals surface area contributed by atoms with E-state index in [0.717, 1.165) is 78.4 Å². The first kappa shape index (κ1) is 42.6. The number of aryl methyl sites for hydroxylation is 1. The number of ether oxygens (including phenoxy) is 1. The molecule has 322 valence electrons. The van der Waals surface area contributed by atoms with Crippen LogP contribution in [-0.4, -0.2) is 104 Å². The summed E-state index contributed by atoms with van der Waals surface area (Å²) in [5, 5.41) is 32.5. The van der Waals surface area contributed by atoms with Crippen LogP contribution in [0.25, 0.3) is 22.4 Å². The Morgan fingerprint density at radius 1 is 0.758 bits per heavy atom. The van der Waals surface area contributed by atoms with Crippen molar-refractivity contribution in [1.29, 1.82) is 0 Å². The summed E-state index contributed by atoms with van der Waals surface area (Å²) < 4.78 is 12.3. The molecular formula is C42H45Cl3N14O3. The van der Waals surface area contributed by atoms with Crippen LogP contribution in [0, 0.1) is 6.92 Å². The fourth-order valence-electron chi connectivity index (χ4n) is 7.70. The third-order valence-electron chi connectivity index (χ3n) is 10.6. The lowest BCUT2D eigenvalue weighted by molar-refractivity contribution is 0.266. The van der Waals surface area contributed by atoms with Crippen molar-refractivity contribution in [1.82, 2.24) is 48.3 Å². The van der Waals surface area contributed by atoms with Crippen LogP contribution < -0.4 is 25.6 Å². The second-order valence-corrected chi connectivity index (χ2v) is 16.0. The van der Waals surface area contributed by atoms with E-state index in [1.807, 2.05) is 84.7 Å². The standard InChI is InChI=1S/C21H22ClN7O.C11H13ClN4O.C10H10ClN3O/c1-14-8-15(22)10-17(9-14)27-11-19(23-13-27)24-21-25-20(18-5-3-7-29(18)26-21)28-6-2-4-16(28)12-30;12-11-13-10(9-4-2-6-16(9)14-11)15-5-1-3-8(15)7-17;1-15-9-3-7(11)2-8(4-9)14-5-10(12)13-6-14/h3,5,7-11,13,16,30H,2,4,6,12H2,1H3,(H,24,26);2,4,6,8,17H,1,3,5,7H2;2-6H,12H2,1H3/t16-;8-;/m00./s1. The lowest BCUT2D eigenvalue weighted by Crippen LogP contribution is -2.33. The number of imidazole rings is 2. The predicted molar refractivity (Wildman–Crippen MR) is 242 cm³/mol. The summed E-state index contributed by atoms with van der Waals surface area (Å²) in [6, 6.07) is 19.3. The number of hydrogen-bond acceptors (Lipinski definition) is 13. The Balaban J connectivity index is 0.000000140. The molecule has 20 heteroatoms. The second kappa shape index (κ2) is 18.9. The Morgan fingerprint density at radius 3 is 1.97 bits per heavy atom. The number of nitrogens with one attached hydrogen (secondary N) is 1. The number of anilines is 5. The monoisotopic (exact) mass is 898 g/mol. The molecule has 0 radical (unpaired) electrons. The Bertz CT molecular complexity index is 2770. The Morgan fingerprint density at radius 2 is 1.35 bits per heavy atom. The number of nitrogen functional groups attached to an aromatic ring is 1. The van der Waals surface area contributed by atoms with Crippen LogP contribution in [-0.2, 0) is 0 Å². The predicted octanol–water partition coefficient (Wildman–Crippen LogP) is 7.04. The first-order valence-corrected chi connectivity index (χ1v) is 21.1. The molecule has 0 aliphatic carbocycles. The number of nitrogens with two attached hydrogens (primary N) is 1. The van der Waals surface area contributed by atoms with Gasteiger partial charge in [0, 0.05) is 47.3 Å². The van der Waals surface area contributed by atoms with Gasteiger partial charge < -0.3 is 44.9 Å². The zero-order valence-corrected chi connectivity index (χ0v) is 36.2. The number of hydrogen-bond donors (Lipinski definition) is 4. The zero-order chi connectivity index (χ0) is 43.3. The zero-order valence-electron chi connectivity index (χ0n) is 33.9. The first-order chi connectivity index (χ1) is 30.1. The maximum atomic E-state index is 9.75. The average Bonchev–Trinajstić information content (AvgIpc) is 4.12. The highest BCUT2D eigenvalue weighted by Crippen LogP contribution is 2.31. The van der Waals surface area contributed by atoms with E-state index >= 15 is 0 Å². The van der Waals surface area contributed by atoms with Gasteiger partial charge in [-0.3, -0.25) is 0 Å². The summed E-state index contributed by atoms with van der Waals surface area (Å²) >= 11 is 18.0. The van der Waals surface area contributed by atoms with E-state index in [0.29, 0.717) is 33.4 Å². The molecule has 2 atom stereocenters. The van der Waals surface area contributed by atoms with Crippen LogP contribution in [0.2, 0.25) is 15.3 Å². The van der Waals surface area contributed by atoms with Crippen LogP contribution in [0.4, 0.5) is 29.2 Å². The quantitative estimate of drug-likeness (QED) is 0.116. The smallest absolute Gasteiger partial charge is 0.248 e. The van der Waals surface area contributed by atoms with Crippen molar-refractivity contribution in [3.63, 3.8) is 0 Å². The van der Waals surface area contributed by atoms with Gasteiger partial charge in [0.05, 0.1) is 50.5 Å². The van der Waals surface area contributed by atoms with Gasteiger partial charge in [-0.2, -0.15) is 9.97 Å². The van der Waals surface area contributed by atoms with Gasteiger partial charge in [-0.25, -0.2) is 19.0 Å². The lowest BCUT2D eigenvalue weighted by Gasteiger charge is -2.25. The number of benzene rings is 2. The number of halogens is 3. The van der Waals surface area contributed by atoms with Crippen LogP contribution in [0.5, 0.6) is 5.75 Å². The van der Waals surface area contributed by atoms with Gasteiger partial charge >= 0.3 is 0 Å². The van der Waals surface area contributed by atoms with Gasteiger partial charge in [0.15, 0.2) is 17.5 Å². The summed E-state index contributed by atoms with van der Waals surface area (Å²) in [5.41, 5.74) is 10.3. The van der Waals surface area contributed by atoms with Gasteiger partial charge in [0.25, 0.3) is 0 Å². The van der Waals surface area contributed by atoms with E-state index in [2.05, 4.69) is 40.3 Å². The Labute approximate surface area is 371 Å². The molecule has 5 N–H and O–H groups in total. The fourth-order valence-corrected chi connectivity index (χ4v) is 8.36. The van der Waals surface area contributed by atoms with Crippen molar-refractivity contribution in [2.24, 2.45) is 0 Å². The van der Waals surface area contributed by atoms with E-state index < -0.39 is 0 Å². The molecule has 2 fully saturated rings. The maximum absolute atomic E-state index is 9.75. The number of fused-ring (bicyclic) bond motifs is 2. The van der Waals surface area contributed by atoms with Crippen molar-refractivity contribution >= 4 is 75.1 Å². The molecule has 8 aromatic rings. The van der Waals surface area contributed by atoms with E-state index in [9.17, 15) is 10.2 Å². The third kappa shape index (κ3) is 9.51. The molecule has 2 aromatic carbocycles. The minimum Gasteiger partial charge on any atom is -0.497 e. The highest BCUT2D eigenvalue weighted by Gasteiger charge is 2.28. The Hall–Kier alpha value is -6.11. The van der Waals surface area contributed by atoms with Crippen LogP contribution in [0.3, 0.4) is 0 Å². The number of rotatable bonds is 9. The van der Waals surface area contributed by atoms with Gasteiger partial charge in [-0.15, -0.1) is 10.2 Å². The summed E-state index contributed by atoms with van der Waals surface area (Å²) in [6.07, 6.45) is 14.7. The number of nitrogens with zero attached hydrogens (tertiary/aromatic N) is 12. The summed E-state index contributed by atoms with van der Waals surface area (Å²) in [5.74, 6) is 3.87. The molecule has 62 heavy (non-hydrogen) atoms. The molecule has 2 aliphatic heterocycles. The normalized spacial score (nSPS) is 16.0. The highest BCUT2D eigenvalue weighted by molar-refractivity contribution is 6.31. The van der Waals surface area contributed by atoms with Crippen molar-refractivity contribution < 1.29 is 14.9 Å². The number of methoxy groups -OCH3 is 1. The molecule has 2 saturated heterocycles. The lowest BCUT2D eigenvalue weighted by atomic mass is 10.2. The first-order valence-electron chi connectivity index (χ1n) is 19.9. The van der Waals surface area contributed by atoms with Gasteiger partial charge in [-0.05, 0) is 104 Å². The maximum Gasteiger partial charge on any atom is 0.248 e. The average molecular weight is 900 g/mol. The van der Waals surface area contributed by atoms with Crippen molar-refractivity contribution in [3.05, 3.63) is 119 Å². The van der Waals surface area contributed by atoms with E-state index in [1.54, 1.807) is 45.6 Å². The van der Waals surface area contributed by atoms with Crippen molar-refractivity contribution in [2.45, 2.75) is 44.7 Å². The molecule has 0 unspecified atom stereocenters. The minimum absolute atomic E-state index is 0.0803. The van der Waals surface area contributed by atoms with Crippen LogP contribution in [0.1, 0.15) is 31.2 Å². The van der Waals surface area contributed by atoms with Crippen molar-refractivity contribution in [2.75, 3.05) is 54.3 Å². The molecule has 0 saturated carbocycles. The molecular weight excluding hydrogens is 855 g/mol. The summed E-state index contributed by atoms with van der Waals surface area (Å²) in [7, 11) is 1.59. The molecule has 0 amide bonds. The number of aliphatic hydroxyl groups is 2. The summed E-state index contributed by atoms with van der Waals surface area (Å²) in [6.45, 7) is 4.04. The Kier molecular flexibility index (Phi) is 13.0. The minimum atomic E-state index is 0.0803. The number of aromatic nitrogens is 10. The molecule has 2 aliphatic rings. The summed E-state index contributed by atoms with van der Waals surface area (Å²) in [4.78, 5) is 21.7. The highest BCUT2D eigenvalue weighted by atomic mass is 35.5. The fraction of sp³-hybridized carbons (Fsp3) is 0.286. The molecule has 8 heterocycles. The van der Waals surface area contributed by atoms with E-state index in [-0.39, 0.29) is 30.6 Å².